The van der Waals surface area contributed by atoms with Gasteiger partial charge in [0.1, 0.15) is 18.5 Å². The van der Waals surface area contributed by atoms with Gasteiger partial charge in [0.15, 0.2) is 0 Å². The largest absolute Gasteiger partial charge is 0.488 e. The van der Waals surface area contributed by atoms with Gasteiger partial charge in [-0.1, -0.05) is 17.3 Å². The zero-order valence-electron chi connectivity index (χ0n) is 16.2. The molecule has 158 valence electrons. The van der Waals surface area contributed by atoms with Crippen LogP contribution in [0.2, 0.25) is 0 Å². The standard InChI is InChI=1S/C21H20F3N3O3/c1-28-13-19-25-20(26-30-19)15-4-8-17(9-5-15)29-18-11-27(12-18)10-14-2-6-16(7-3-14)21(22,23)24/h2-9,18H,10-13H2,1H3. The molecule has 1 aromatic heterocycles. The van der Waals surface area contributed by atoms with Crippen LogP contribution in [0.3, 0.4) is 0 Å². The first-order valence-corrected chi connectivity index (χ1v) is 9.38. The summed E-state index contributed by atoms with van der Waals surface area (Å²) in [5, 5.41) is 3.92. The summed E-state index contributed by atoms with van der Waals surface area (Å²) in [7, 11) is 1.56. The molecule has 0 radical (unpaired) electrons. The van der Waals surface area contributed by atoms with Gasteiger partial charge < -0.3 is 14.0 Å². The molecule has 1 aliphatic rings. The van der Waals surface area contributed by atoms with E-state index in [0.717, 1.165) is 29.0 Å². The minimum atomic E-state index is -4.31. The van der Waals surface area contributed by atoms with Crippen LogP contribution in [0.1, 0.15) is 17.0 Å². The van der Waals surface area contributed by atoms with Crippen molar-refractivity contribution in [1.82, 2.24) is 15.0 Å². The van der Waals surface area contributed by atoms with Gasteiger partial charge in [-0.15, -0.1) is 0 Å². The van der Waals surface area contributed by atoms with Gasteiger partial charge in [-0.2, -0.15) is 18.2 Å². The lowest BCUT2D eigenvalue weighted by atomic mass is 10.1. The van der Waals surface area contributed by atoms with Crippen molar-refractivity contribution in [2.45, 2.75) is 25.4 Å². The topological polar surface area (TPSA) is 60.6 Å². The van der Waals surface area contributed by atoms with Crippen LogP contribution >= 0.6 is 0 Å². The fraction of sp³-hybridized carbons (Fsp3) is 0.333. The molecule has 1 saturated heterocycles. The molecule has 9 heteroatoms. The van der Waals surface area contributed by atoms with Crippen molar-refractivity contribution < 1.29 is 27.2 Å². The SMILES string of the molecule is COCc1nc(-c2ccc(OC3CN(Cc4ccc(C(F)(F)F)cc4)C3)cc2)no1. The molecule has 0 unspecified atom stereocenters. The predicted octanol–water partition coefficient (Wildman–Crippen LogP) is 4.17. The molecular weight excluding hydrogens is 399 g/mol. The fourth-order valence-corrected chi connectivity index (χ4v) is 3.21. The van der Waals surface area contributed by atoms with E-state index in [2.05, 4.69) is 15.0 Å². The van der Waals surface area contributed by atoms with Crippen LogP contribution in [0.4, 0.5) is 13.2 Å². The van der Waals surface area contributed by atoms with E-state index in [1.807, 2.05) is 24.3 Å². The zero-order valence-corrected chi connectivity index (χ0v) is 16.2. The highest BCUT2D eigenvalue weighted by Crippen LogP contribution is 2.29. The molecule has 0 amide bonds. The number of likely N-dealkylation sites (tertiary alicyclic amines) is 1. The molecular formula is C21H20F3N3O3. The summed E-state index contributed by atoms with van der Waals surface area (Å²) in [6, 6.07) is 12.7. The lowest BCUT2D eigenvalue weighted by molar-refractivity contribution is -0.137. The highest BCUT2D eigenvalue weighted by Gasteiger charge is 2.31. The van der Waals surface area contributed by atoms with Crippen LogP contribution in [-0.2, 0) is 24.1 Å². The van der Waals surface area contributed by atoms with Crippen LogP contribution in [0, 0.1) is 0 Å². The van der Waals surface area contributed by atoms with Crippen molar-refractivity contribution in [3.63, 3.8) is 0 Å². The maximum absolute atomic E-state index is 12.6. The molecule has 30 heavy (non-hydrogen) atoms. The number of rotatable bonds is 7. The van der Waals surface area contributed by atoms with E-state index in [0.29, 0.717) is 31.3 Å². The minimum Gasteiger partial charge on any atom is -0.488 e. The lowest BCUT2D eigenvalue weighted by Gasteiger charge is -2.39. The van der Waals surface area contributed by atoms with Crippen LogP contribution in [0.15, 0.2) is 53.1 Å². The number of nitrogens with zero attached hydrogens (tertiary/aromatic N) is 3. The van der Waals surface area contributed by atoms with Crippen LogP contribution in [0.25, 0.3) is 11.4 Å². The van der Waals surface area contributed by atoms with Crippen molar-refractivity contribution in [2.75, 3.05) is 20.2 Å². The first kappa shape index (κ1) is 20.4. The molecule has 4 rings (SSSR count). The van der Waals surface area contributed by atoms with E-state index in [-0.39, 0.29) is 12.7 Å². The molecule has 3 aromatic rings. The summed E-state index contributed by atoms with van der Waals surface area (Å²) in [5.41, 5.74) is 1.03. The lowest BCUT2D eigenvalue weighted by Crippen LogP contribution is -2.53. The third-order valence-corrected chi connectivity index (χ3v) is 4.76. The maximum Gasteiger partial charge on any atom is 0.416 e. The van der Waals surface area contributed by atoms with Gasteiger partial charge in [0.05, 0.1) is 5.56 Å². The molecule has 0 N–H and O–H groups in total. The third kappa shape index (κ3) is 4.80. The Hall–Kier alpha value is -2.91. The Morgan fingerprint density at radius 3 is 2.40 bits per heavy atom. The average Bonchev–Trinajstić information content (AvgIpc) is 3.15. The highest BCUT2D eigenvalue weighted by molar-refractivity contribution is 5.55. The number of halogens is 3. The molecule has 0 saturated carbocycles. The monoisotopic (exact) mass is 419 g/mol. The molecule has 0 aliphatic carbocycles. The van der Waals surface area contributed by atoms with Crippen molar-refractivity contribution in [1.29, 1.82) is 0 Å². The molecule has 0 bridgehead atoms. The van der Waals surface area contributed by atoms with Crippen LogP contribution < -0.4 is 4.74 Å². The average molecular weight is 419 g/mol. The van der Waals surface area contributed by atoms with Gasteiger partial charge in [-0.3, -0.25) is 4.90 Å². The van der Waals surface area contributed by atoms with Gasteiger partial charge in [0, 0.05) is 32.3 Å². The molecule has 1 aliphatic heterocycles. The van der Waals surface area contributed by atoms with E-state index in [1.54, 1.807) is 7.11 Å². The second-order valence-corrected chi connectivity index (χ2v) is 7.10. The van der Waals surface area contributed by atoms with Crippen molar-refractivity contribution >= 4 is 0 Å². The molecule has 0 atom stereocenters. The minimum absolute atomic E-state index is 0.0452. The second kappa shape index (κ2) is 8.45. The number of hydrogen-bond acceptors (Lipinski definition) is 6. The smallest absolute Gasteiger partial charge is 0.416 e. The third-order valence-electron chi connectivity index (χ3n) is 4.76. The van der Waals surface area contributed by atoms with Gasteiger partial charge in [0.25, 0.3) is 5.89 Å². The summed E-state index contributed by atoms with van der Waals surface area (Å²) in [5.74, 6) is 1.63. The van der Waals surface area contributed by atoms with Crippen molar-refractivity contribution in [2.24, 2.45) is 0 Å². The Kier molecular flexibility index (Phi) is 5.74. The summed E-state index contributed by atoms with van der Waals surface area (Å²) >= 11 is 0. The van der Waals surface area contributed by atoms with Gasteiger partial charge in [-0.05, 0) is 42.0 Å². The molecule has 0 spiro atoms. The number of alkyl halides is 3. The Morgan fingerprint density at radius 1 is 1.07 bits per heavy atom. The summed E-state index contributed by atoms with van der Waals surface area (Å²) < 4.78 is 53.9. The van der Waals surface area contributed by atoms with Gasteiger partial charge >= 0.3 is 6.18 Å². The van der Waals surface area contributed by atoms with E-state index >= 15 is 0 Å². The van der Waals surface area contributed by atoms with E-state index in [1.165, 1.54) is 12.1 Å². The first-order valence-electron chi connectivity index (χ1n) is 9.38. The maximum atomic E-state index is 12.6. The number of ether oxygens (including phenoxy) is 2. The Balaban J connectivity index is 1.25. The highest BCUT2D eigenvalue weighted by atomic mass is 19.4. The number of hydrogen-bond donors (Lipinski definition) is 0. The van der Waals surface area contributed by atoms with E-state index in [4.69, 9.17) is 14.0 Å². The molecule has 2 aromatic carbocycles. The quantitative estimate of drug-likeness (QED) is 0.573. The number of aromatic nitrogens is 2. The predicted molar refractivity (Wildman–Crippen MR) is 102 cm³/mol. The number of benzene rings is 2. The van der Waals surface area contributed by atoms with Crippen molar-refractivity contribution in [3.8, 4) is 17.1 Å². The number of methoxy groups -OCH3 is 1. The van der Waals surface area contributed by atoms with Crippen LogP contribution in [-0.4, -0.2) is 41.3 Å². The second-order valence-electron chi connectivity index (χ2n) is 7.10. The van der Waals surface area contributed by atoms with E-state index in [9.17, 15) is 13.2 Å². The Bertz CT molecular complexity index is 966. The summed E-state index contributed by atoms with van der Waals surface area (Å²) in [4.78, 5) is 6.37. The van der Waals surface area contributed by atoms with Crippen LogP contribution in [0.5, 0.6) is 5.75 Å². The van der Waals surface area contributed by atoms with E-state index < -0.39 is 11.7 Å². The van der Waals surface area contributed by atoms with Crippen molar-refractivity contribution in [3.05, 3.63) is 65.5 Å². The Morgan fingerprint density at radius 2 is 1.77 bits per heavy atom. The molecule has 1 fully saturated rings. The fourth-order valence-electron chi connectivity index (χ4n) is 3.21. The first-order chi connectivity index (χ1) is 14.4. The Labute approximate surface area is 171 Å². The molecule has 6 nitrogen and oxygen atoms in total. The summed E-state index contributed by atoms with van der Waals surface area (Å²) in [6.45, 7) is 2.29. The van der Waals surface area contributed by atoms with Gasteiger partial charge in [-0.25, -0.2) is 0 Å². The normalized spacial score (nSPS) is 15.2. The summed E-state index contributed by atoms with van der Waals surface area (Å²) in [6.07, 6.45) is -4.26. The zero-order chi connectivity index (χ0) is 21.1. The van der Waals surface area contributed by atoms with Gasteiger partial charge in [0.2, 0.25) is 5.82 Å². The molecule has 2 heterocycles.